The highest BCUT2D eigenvalue weighted by atomic mass is 35.5. The Kier molecular flexibility index (Phi) is 5.92. The maximum absolute atomic E-state index is 11.8. The first-order chi connectivity index (χ1) is 11.5. The van der Waals surface area contributed by atoms with Gasteiger partial charge in [0, 0.05) is 16.3 Å². The van der Waals surface area contributed by atoms with E-state index in [4.69, 9.17) is 11.6 Å². The van der Waals surface area contributed by atoms with Crippen molar-refractivity contribution in [2.45, 2.75) is 13.3 Å². The number of hydrazone groups is 1. The number of phenols is 1. The second-order valence-corrected chi connectivity index (χ2v) is 5.34. The smallest absolute Gasteiger partial charge is 0.329 e. The van der Waals surface area contributed by atoms with Gasteiger partial charge in [0.1, 0.15) is 5.75 Å². The number of carbonyl (C=O) groups excluding carboxylic acids is 2. The van der Waals surface area contributed by atoms with Crippen LogP contribution >= 0.6 is 11.6 Å². The first-order valence-electron chi connectivity index (χ1n) is 7.21. The quantitative estimate of drug-likeness (QED) is 0.452. The lowest BCUT2D eigenvalue weighted by Crippen LogP contribution is -2.32. The number of anilines is 1. The summed E-state index contributed by atoms with van der Waals surface area (Å²) in [5, 5.41) is 16.1. The highest BCUT2D eigenvalue weighted by Crippen LogP contribution is 2.19. The summed E-state index contributed by atoms with van der Waals surface area (Å²) < 4.78 is 0. The number of nitrogens with one attached hydrogen (secondary N) is 2. The highest BCUT2D eigenvalue weighted by Gasteiger charge is 2.12. The van der Waals surface area contributed by atoms with Gasteiger partial charge in [-0.2, -0.15) is 5.10 Å². The minimum atomic E-state index is -0.924. The fourth-order valence-corrected chi connectivity index (χ4v) is 2.03. The van der Waals surface area contributed by atoms with E-state index in [1.54, 1.807) is 12.1 Å². The monoisotopic (exact) mass is 345 g/mol. The van der Waals surface area contributed by atoms with Gasteiger partial charge in [-0.05, 0) is 42.3 Å². The second-order valence-electron chi connectivity index (χ2n) is 4.91. The highest BCUT2D eigenvalue weighted by molar-refractivity contribution is 6.39. The van der Waals surface area contributed by atoms with E-state index in [2.05, 4.69) is 15.8 Å². The predicted molar refractivity (Wildman–Crippen MR) is 93.3 cm³/mol. The Labute approximate surface area is 144 Å². The van der Waals surface area contributed by atoms with Crippen LogP contribution in [0.1, 0.15) is 18.1 Å². The topological polar surface area (TPSA) is 90.8 Å². The zero-order valence-electron chi connectivity index (χ0n) is 12.9. The van der Waals surface area contributed by atoms with E-state index >= 15 is 0 Å². The molecule has 0 spiro atoms. The maximum Gasteiger partial charge on any atom is 0.329 e. The number of carbonyl (C=O) groups is 2. The van der Waals surface area contributed by atoms with Crippen LogP contribution in [0.25, 0.3) is 0 Å². The van der Waals surface area contributed by atoms with E-state index in [0.29, 0.717) is 16.3 Å². The van der Waals surface area contributed by atoms with Crippen LogP contribution in [-0.2, 0) is 16.0 Å². The Morgan fingerprint density at radius 3 is 2.54 bits per heavy atom. The summed E-state index contributed by atoms with van der Waals surface area (Å²) in [5.74, 6) is -1.81. The molecule has 0 aliphatic heterocycles. The van der Waals surface area contributed by atoms with Crippen molar-refractivity contribution in [1.29, 1.82) is 0 Å². The van der Waals surface area contributed by atoms with Gasteiger partial charge in [-0.3, -0.25) is 9.59 Å². The van der Waals surface area contributed by atoms with Gasteiger partial charge in [0.2, 0.25) is 0 Å². The van der Waals surface area contributed by atoms with E-state index in [9.17, 15) is 14.7 Å². The lowest BCUT2D eigenvalue weighted by Gasteiger charge is -2.05. The molecule has 0 aliphatic rings. The molecule has 3 N–H and O–H groups in total. The normalized spacial score (nSPS) is 10.6. The van der Waals surface area contributed by atoms with Crippen LogP contribution in [0.2, 0.25) is 5.02 Å². The van der Waals surface area contributed by atoms with Crippen molar-refractivity contribution in [2.75, 3.05) is 5.32 Å². The minimum Gasteiger partial charge on any atom is -0.507 e. The first kappa shape index (κ1) is 17.5. The van der Waals surface area contributed by atoms with Gasteiger partial charge < -0.3 is 10.4 Å². The van der Waals surface area contributed by atoms with Crippen molar-refractivity contribution in [2.24, 2.45) is 5.10 Å². The predicted octanol–water partition coefficient (Wildman–Crippen LogP) is 2.70. The molecule has 0 fully saturated rings. The van der Waals surface area contributed by atoms with Crippen molar-refractivity contribution in [1.82, 2.24) is 5.43 Å². The Bertz CT molecular complexity index is 773. The molecule has 2 aromatic carbocycles. The van der Waals surface area contributed by atoms with Gasteiger partial charge in [0.15, 0.2) is 0 Å². The van der Waals surface area contributed by atoms with Crippen LogP contribution in [0, 0.1) is 0 Å². The van der Waals surface area contributed by atoms with Crippen molar-refractivity contribution >= 4 is 35.3 Å². The number of benzene rings is 2. The number of aryl methyl sites for hydroxylation is 1. The average molecular weight is 346 g/mol. The molecular formula is C17H16ClN3O3. The van der Waals surface area contributed by atoms with Crippen molar-refractivity contribution in [3.05, 3.63) is 58.6 Å². The lowest BCUT2D eigenvalue weighted by molar-refractivity contribution is -0.136. The zero-order valence-corrected chi connectivity index (χ0v) is 13.7. The van der Waals surface area contributed by atoms with Gasteiger partial charge >= 0.3 is 11.8 Å². The Balaban J connectivity index is 1.92. The third-order valence-electron chi connectivity index (χ3n) is 3.19. The number of amides is 2. The molecule has 0 atom stereocenters. The number of halogens is 1. The molecule has 124 valence electrons. The van der Waals surface area contributed by atoms with E-state index in [0.717, 1.165) is 12.0 Å². The van der Waals surface area contributed by atoms with Gasteiger partial charge in [-0.25, -0.2) is 5.43 Å². The largest absolute Gasteiger partial charge is 0.507 e. The number of hydrogen-bond acceptors (Lipinski definition) is 4. The van der Waals surface area contributed by atoms with Gasteiger partial charge in [0.25, 0.3) is 0 Å². The van der Waals surface area contributed by atoms with Crippen LogP contribution in [-0.4, -0.2) is 23.1 Å². The molecule has 0 heterocycles. The molecule has 6 nitrogen and oxygen atoms in total. The number of hydrogen-bond donors (Lipinski definition) is 3. The van der Waals surface area contributed by atoms with E-state index in [-0.39, 0.29) is 5.75 Å². The summed E-state index contributed by atoms with van der Waals surface area (Å²) in [6, 6.07) is 11.6. The van der Waals surface area contributed by atoms with Gasteiger partial charge in [-0.15, -0.1) is 0 Å². The minimum absolute atomic E-state index is 0.0436. The molecule has 2 amide bonds. The third kappa shape index (κ3) is 4.82. The van der Waals surface area contributed by atoms with Gasteiger partial charge in [0.05, 0.1) is 6.21 Å². The summed E-state index contributed by atoms with van der Waals surface area (Å²) in [6.45, 7) is 2.02. The fraction of sp³-hybridized carbons (Fsp3) is 0.118. The van der Waals surface area contributed by atoms with Crippen LogP contribution in [0.3, 0.4) is 0 Å². The van der Waals surface area contributed by atoms with Crippen LogP contribution < -0.4 is 10.7 Å². The molecule has 0 unspecified atom stereocenters. The second kappa shape index (κ2) is 8.12. The third-order valence-corrected chi connectivity index (χ3v) is 3.42. The number of nitrogens with zero attached hydrogens (tertiary/aromatic N) is 1. The Morgan fingerprint density at radius 2 is 1.88 bits per heavy atom. The molecule has 2 rings (SSSR count). The molecule has 0 bridgehead atoms. The van der Waals surface area contributed by atoms with Crippen LogP contribution in [0.5, 0.6) is 5.75 Å². The summed E-state index contributed by atoms with van der Waals surface area (Å²) in [4.78, 5) is 23.4. The van der Waals surface area contributed by atoms with Gasteiger partial charge in [-0.1, -0.05) is 30.7 Å². The summed E-state index contributed by atoms with van der Waals surface area (Å²) in [6.07, 6.45) is 2.09. The summed E-state index contributed by atoms with van der Waals surface area (Å²) >= 11 is 5.80. The van der Waals surface area contributed by atoms with Crippen molar-refractivity contribution in [3.63, 3.8) is 0 Å². The maximum atomic E-state index is 11.8. The molecule has 0 aliphatic carbocycles. The molecule has 0 saturated heterocycles. The molecule has 24 heavy (non-hydrogen) atoms. The zero-order chi connectivity index (χ0) is 17.5. The van der Waals surface area contributed by atoms with E-state index in [1.165, 1.54) is 24.4 Å². The molecule has 2 aromatic rings. The molecule has 0 aromatic heterocycles. The van der Waals surface area contributed by atoms with E-state index in [1.807, 2.05) is 19.1 Å². The SMILES string of the molecule is CCc1ccc(NC(=O)C(=O)N/N=C\c2cc(Cl)ccc2O)cc1. The molecular weight excluding hydrogens is 330 g/mol. The van der Waals surface area contributed by atoms with Crippen molar-refractivity contribution in [3.8, 4) is 5.75 Å². The Morgan fingerprint density at radius 1 is 1.17 bits per heavy atom. The van der Waals surface area contributed by atoms with Crippen molar-refractivity contribution < 1.29 is 14.7 Å². The standard InChI is InChI=1S/C17H16ClN3O3/c1-2-11-3-6-14(7-4-11)20-16(23)17(24)21-19-10-12-9-13(18)5-8-15(12)22/h3-10,22H,2H2,1H3,(H,20,23)(H,21,24)/b19-10-. The first-order valence-corrected chi connectivity index (χ1v) is 7.59. The van der Waals surface area contributed by atoms with Crippen LogP contribution in [0.15, 0.2) is 47.6 Å². The summed E-state index contributed by atoms with van der Waals surface area (Å²) in [7, 11) is 0. The lowest BCUT2D eigenvalue weighted by atomic mass is 10.1. The molecule has 0 saturated carbocycles. The molecule has 0 radical (unpaired) electrons. The molecule has 7 heteroatoms. The Hall–Kier alpha value is -2.86. The number of aromatic hydroxyl groups is 1. The summed E-state index contributed by atoms with van der Waals surface area (Å²) in [5.41, 5.74) is 4.05. The van der Waals surface area contributed by atoms with Crippen LogP contribution in [0.4, 0.5) is 5.69 Å². The number of phenolic OH excluding ortho intramolecular Hbond substituents is 1. The van der Waals surface area contributed by atoms with E-state index < -0.39 is 11.8 Å². The average Bonchev–Trinajstić information content (AvgIpc) is 2.58. The fourth-order valence-electron chi connectivity index (χ4n) is 1.85. The number of rotatable bonds is 4.